The molecule has 0 bridgehead atoms. The van der Waals surface area contributed by atoms with Crippen molar-refractivity contribution in [3.63, 3.8) is 0 Å². The summed E-state index contributed by atoms with van der Waals surface area (Å²) in [7, 11) is 2.82. The Labute approximate surface area is 197 Å². The monoisotopic (exact) mass is 526 g/mol. The number of carbonyl (C=O) groups is 1. The zero-order chi connectivity index (χ0) is 24.2. The van der Waals surface area contributed by atoms with Gasteiger partial charge in [-0.2, -0.15) is 18.2 Å². The van der Waals surface area contributed by atoms with E-state index in [0.29, 0.717) is 11.1 Å². The van der Waals surface area contributed by atoms with Crippen molar-refractivity contribution in [2.45, 2.75) is 25.6 Å². The molecule has 0 amide bonds. The number of hydrogen-bond acceptors (Lipinski definition) is 5. The molecule has 0 fully saturated rings. The number of hydrazine groups is 1. The predicted octanol–water partition coefficient (Wildman–Crippen LogP) is 5.13. The molecular formula is C23H22BrF3N2O4. The first kappa shape index (κ1) is 24.8. The van der Waals surface area contributed by atoms with Gasteiger partial charge in [0.15, 0.2) is 6.23 Å². The maximum atomic E-state index is 14.0. The molecule has 6 nitrogen and oxygen atoms in total. The van der Waals surface area contributed by atoms with Crippen LogP contribution in [-0.4, -0.2) is 47.7 Å². The molecular weight excluding hydrogens is 505 g/mol. The second kappa shape index (κ2) is 10.4. The first-order chi connectivity index (χ1) is 15.6. The number of methoxy groups -OCH3 is 1. The van der Waals surface area contributed by atoms with E-state index < -0.39 is 23.9 Å². The van der Waals surface area contributed by atoms with Gasteiger partial charge < -0.3 is 14.6 Å². The molecule has 0 saturated heterocycles. The van der Waals surface area contributed by atoms with Crippen LogP contribution < -0.4 is 0 Å². The Balaban J connectivity index is 1.89. The number of hydrogen-bond donors (Lipinski definition) is 1. The molecule has 0 saturated carbocycles. The lowest BCUT2D eigenvalue weighted by atomic mass is 10.0. The van der Waals surface area contributed by atoms with Gasteiger partial charge in [0.1, 0.15) is 15.8 Å². The van der Waals surface area contributed by atoms with Gasteiger partial charge in [-0.05, 0) is 32.6 Å². The van der Waals surface area contributed by atoms with Crippen molar-refractivity contribution in [2.24, 2.45) is 0 Å². The third kappa shape index (κ3) is 5.58. The van der Waals surface area contributed by atoms with Crippen molar-refractivity contribution in [3.8, 4) is 0 Å². The number of nitrogens with zero attached hydrogens (tertiary/aromatic N) is 2. The maximum Gasteiger partial charge on any atom is 0.419 e. The summed E-state index contributed by atoms with van der Waals surface area (Å²) in [5, 5.41) is 12.3. The van der Waals surface area contributed by atoms with Crippen LogP contribution in [0.2, 0.25) is 0 Å². The minimum atomic E-state index is -4.65. The lowest BCUT2D eigenvalue weighted by Crippen LogP contribution is -2.41. The van der Waals surface area contributed by atoms with E-state index >= 15 is 0 Å². The summed E-state index contributed by atoms with van der Waals surface area (Å²) in [5.41, 5.74) is 0.532. The first-order valence-corrected chi connectivity index (χ1v) is 10.6. The largest absolute Gasteiger partial charge is 0.503 e. The van der Waals surface area contributed by atoms with Gasteiger partial charge in [0.2, 0.25) is 0 Å². The number of aliphatic carboxylic acids is 1. The molecule has 3 rings (SSSR count). The van der Waals surface area contributed by atoms with Gasteiger partial charge in [-0.15, -0.1) is 0 Å². The van der Waals surface area contributed by atoms with Crippen LogP contribution in [0.5, 0.6) is 0 Å². The maximum absolute atomic E-state index is 14.0. The second-order valence-corrected chi connectivity index (χ2v) is 7.96. The molecule has 176 valence electrons. The van der Waals surface area contributed by atoms with Crippen LogP contribution in [0, 0.1) is 0 Å². The highest BCUT2D eigenvalue weighted by Crippen LogP contribution is 2.43. The van der Waals surface area contributed by atoms with E-state index in [-0.39, 0.29) is 23.3 Å². The summed E-state index contributed by atoms with van der Waals surface area (Å²) in [5.74, 6) is -1.23. The molecule has 10 heteroatoms. The average Bonchev–Trinajstić information content (AvgIpc) is 3.01. The lowest BCUT2D eigenvalue weighted by molar-refractivity contribution is -0.147. The number of carboxylic acid groups (broad SMARTS) is 1. The molecule has 0 spiro atoms. The number of carboxylic acids is 1. The summed E-state index contributed by atoms with van der Waals surface area (Å²) in [6, 6.07) is 15.5. The van der Waals surface area contributed by atoms with Crippen LogP contribution in [0.1, 0.15) is 16.7 Å². The van der Waals surface area contributed by atoms with E-state index in [4.69, 9.17) is 9.47 Å². The molecule has 1 unspecified atom stereocenters. The van der Waals surface area contributed by atoms with E-state index in [1.807, 2.05) is 30.3 Å². The fourth-order valence-electron chi connectivity index (χ4n) is 3.50. The lowest BCUT2D eigenvalue weighted by Gasteiger charge is -2.31. The zero-order valence-electron chi connectivity index (χ0n) is 17.8. The molecule has 1 atom stereocenters. The highest BCUT2D eigenvalue weighted by molar-refractivity contribution is 9.11. The normalized spacial score (nSPS) is 17.6. The Bertz CT molecular complexity index is 1060. The Morgan fingerprint density at radius 1 is 1.15 bits per heavy atom. The van der Waals surface area contributed by atoms with E-state index in [9.17, 15) is 23.1 Å². The molecule has 0 aliphatic carbocycles. The molecule has 0 aromatic heterocycles. The van der Waals surface area contributed by atoms with Gasteiger partial charge in [-0.1, -0.05) is 54.6 Å². The number of halogens is 4. The molecule has 0 radical (unpaired) electrons. The quantitative estimate of drug-likeness (QED) is 0.292. The summed E-state index contributed by atoms with van der Waals surface area (Å²) < 4.78 is 52.3. The SMILES string of the molecule is CO/C=C(/C(=O)O)c1ccccc1COC1C(C(F)(F)F)=C(Br)N(Cc2ccccc2)N1C. The van der Waals surface area contributed by atoms with Gasteiger partial charge >= 0.3 is 12.1 Å². The molecule has 1 aliphatic rings. The first-order valence-electron chi connectivity index (χ1n) is 9.82. The van der Waals surface area contributed by atoms with Crippen LogP contribution in [0.25, 0.3) is 5.57 Å². The fraction of sp³-hybridized carbons (Fsp3) is 0.261. The van der Waals surface area contributed by atoms with Crippen LogP contribution in [0.15, 0.2) is 71.0 Å². The van der Waals surface area contributed by atoms with Crippen LogP contribution in [-0.2, 0) is 27.4 Å². The molecule has 1 N–H and O–H groups in total. The third-order valence-corrected chi connectivity index (χ3v) is 5.90. The van der Waals surface area contributed by atoms with E-state index in [1.165, 1.54) is 24.2 Å². The van der Waals surface area contributed by atoms with Gasteiger partial charge in [0.25, 0.3) is 0 Å². The van der Waals surface area contributed by atoms with Crippen LogP contribution >= 0.6 is 15.9 Å². The Hall–Kier alpha value is -2.82. The summed E-state index contributed by atoms with van der Waals surface area (Å²) >= 11 is 3.11. The van der Waals surface area contributed by atoms with Crippen LogP contribution in [0.3, 0.4) is 0 Å². The van der Waals surface area contributed by atoms with E-state index in [1.54, 1.807) is 24.3 Å². The van der Waals surface area contributed by atoms with Crippen molar-refractivity contribution >= 4 is 27.5 Å². The van der Waals surface area contributed by atoms with Gasteiger partial charge in [0, 0.05) is 7.05 Å². The number of likely N-dealkylation sites (N-methyl/N-ethyl adjacent to an activating group) is 1. The standard InChI is InChI=1S/C23H22BrF3N2O4/c1-28-21(33-13-16-10-6-7-11-17(16)18(14-32-2)22(30)31)19(23(25,26)27)20(24)29(28)12-15-8-4-3-5-9-15/h3-11,14,21H,12-13H2,1-2H3,(H,30,31)/b18-14+. The number of ether oxygens (including phenoxy) is 2. The van der Waals surface area contributed by atoms with Gasteiger partial charge in [0.05, 0.1) is 26.5 Å². The van der Waals surface area contributed by atoms with Gasteiger partial charge in [-0.3, -0.25) is 5.01 Å². The van der Waals surface area contributed by atoms with Crippen molar-refractivity contribution in [2.75, 3.05) is 14.2 Å². The predicted molar refractivity (Wildman–Crippen MR) is 119 cm³/mol. The minimum Gasteiger partial charge on any atom is -0.503 e. The minimum absolute atomic E-state index is 0.130. The van der Waals surface area contributed by atoms with E-state index in [0.717, 1.165) is 11.8 Å². The summed E-state index contributed by atoms with van der Waals surface area (Å²) in [6.07, 6.45) is -5.01. The molecule has 1 heterocycles. The Kier molecular flexibility index (Phi) is 7.83. The van der Waals surface area contributed by atoms with Gasteiger partial charge in [-0.25, -0.2) is 4.79 Å². The van der Waals surface area contributed by atoms with Crippen molar-refractivity contribution in [3.05, 3.63) is 87.7 Å². The highest BCUT2D eigenvalue weighted by Gasteiger charge is 2.50. The Morgan fingerprint density at radius 2 is 1.79 bits per heavy atom. The third-order valence-electron chi connectivity index (χ3n) is 5.07. The van der Waals surface area contributed by atoms with Crippen molar-refractivity contribution in [1.82, 2.24) is 10.0 Å². The summed E-state index contributed by atoms with van der Waals surface area (Å²) in [6.45, 7) is -0.0494. The second-order valence-electron chi connectivity index (χ2n) is 7.21. The Morgan fingerprint density at radius 3 is 2.39 bits per heavy atom. The fourth-order valence-corrected chi connectivity index (χ4v) is 4.30. The molecule has 2 aromatic rings. The number of benzene rings is 2. The highest BCUT2D eigenvalue weighted by atomic mass is 79.9. The average molecular weight is 527 g/mol. The zero-order valence-corrected chi connectivity index (χ0v) is 19.4. The smallest absolute Gasteiger partial charge is 0.419 e. The van der Waals surface area contributed by atoms with Crippen molar-refractivity contribution in [1.29, 1.82) is 0 Å². The van der Waals surface area contributed by atoms with E-state index in [2.05, 4.69) is 15.9 Å². The summed E-state index contributed by atoms with van der Waals surface area (Å²) in [4.78, 5) is 11.6. The molecule has 1 aliphatic heterocycles. The van der Waals surface area contributed by atoms with Crippen molar-refractivity contribution < 1.29 is 32.5 Å². The topological polar surface area (TPSA) is 62.2 Å². The molecule has 2 aromatic carbocycles. The molecule has 33 heavy (non-hydrogen) atoms. The number of alkyl halides is 3. The van der Waals surface area contributed by atoms with Crippen LogP contribution in [0.4, 0.5) is 13.2 Å². The number of rotatable bonds is 8.